The van der Waals surface area contributed by atoms with Crippen LogP contribution in [0.4, 0.5) is 4.39 Å². The van der Waals surface area contributed by atoms with Gasteiger partial charge in [0.05, 0.1) is 4.90 Å². The van der Waals surface area contributed by atoms with Crippen molar-refractivity contribution in [2.24, 2.45) is 0 Å². The van der Waals surface area contributed by atoms with Crippen LogP contribution >= 0.6 is 0 Å². The molecular formula is C21H24FNO4S. The minimum absolute atomic E-state index is 0.00147. The fourth-order valence-electron chi connectivity index (χ4n) is 3.13. The Balaban J connectivity index is 1.76. The van der Waals surface area contributed by atoms with Crippen LogP contribution in [0.2, 0.25) is 0 Å². The Morgan fingerprint density at radius 2 is 1.82 bits per heavy atom. The van der Waals surface area contributed by atoms with Crippen LogP contribution in [-0.2, 0) is 21.2 Å². The molecule has 7 heteroatoms. The van der Waals surface area contributed by atoms with Gasteiger partial charge in [-0.1, -0.05) is 38.1 Å². The Morgan fingerprint density at radius 1 is 1.18 bits per heavy atom. The number of rotatable bonds is 8. The van der Waals surface area contributed by atoms with Crippen molar-refractivity contribution in [2.75, 3.05) is 0 Å². The lowest BCUT2D eigenvalue weighted by Crippen LogP contribution is -2.42. The van der Waals surface area contributed by atoms with Crippen molar-refractivity contribution in [2.45, 2.75) is 55.9 Å². The lowest BCUT2D eigenvalue weighted by atomic mass is 10.0. The second kappa shape index (κ2) is 8.01. The highest BCUT2D eigenvalue weighted by Crippen LogP contribution is 2.41. The maximum atomic E-state index is 14.2. The van der Waals surface area contributed by atoms with Crippen molar-refractivity contribution in [3.05, 3.63) is 65.0 Å². The molecule has 0 aromatic heterocycles. The molecule has 0 unspecified atom stereocenters. The van der Waals surface area contributed by atoms with Gasteiger partial charge >= 0.3 is 5.97 Å². The summed E-state index contributed by atoms with van der Waals surface area (Å²) in [6.07, 6.45) is 1.79. The molecule has 1 aliphatic rings. The Morgan fingerprint density at radius 3 is 2.32 bits per heavy atom. The van der Waals surface area contributed by atoms with E-state index in [4.69, 9.17) is 0 Å². The standard InChI is InChI=1S/C21H24FNO4S/c1-13(2)15-6-8-17(9-7-15)28(26,27)23-20(21(24)25)12-14-3-10-18(16-4-5-16)19(22)11-14/h3,6-11,13,16,20,23H,4-5,12H2,1-2H3,(H,24,25)/t20-/m1/s1. The number of benzene rings is 2. The number of sulfonamides is 1. The van der Waals surface area contributed by atoms with E-state index in [1.165, 1.54) is 18.2 Å². The van der Waals surface area contributed by atoms with Gasteiger partial charge in [-0.2, -0.15) is 4.72 Å². The molecule has 150 valence electrons. The summed E-state index contributed by atoms with van der Waals surface area (Å²) in [6, 6.07) is 9.58. The summed E-state index contributed by atoms with van der Waals surface area (Å²) in [5, 5.41) is 9.46. The monoisotopic (exact) mass is 405 g/mol. The molecule has 5 nitrogen and oxygen atoms in total. The molecule has 0 bridgehead atoms. The molecule has 1 saturated carbocycles. The Kier molecular flexibility index (Phi) is 5.86. The first kappa shape index (κ1) is 20.5. The first-order chi connectivity index (χ1) is 13.2. The predicted molar refractivity (Wildman–Crippen MR) is 104 cm³/mol. The van der Waals surface area contributed by atoms with Crippen LogP contribution in [-0.4, -0.2) is 25.5 Å². The topological polar surface area (TPSA) is 83.5 Å². The van der Waals surface area contributed by atoms with Gasteiger partial charge in [-0.15, -0.1) is 0 Å². The van der Waals surface area contributed by atoms with E-state index < -0.39 is 22.0 Å². The normalized spacial score (nSPS) is 15.6. The van der Waals surface area contributed by atoms with Gasteiger partial charge in [0.1, 0.15) is 11.9 Å². The molecular weight excluding hydrogens is 381 g/mol. The summed E-state index contributed by atoms with van der Waals surface area (Å²) in [7, 11) is -4.01. The summed E-state index contributed by atoms with van der Waals surface area (Å²) in [5.74, 6) is -1.17. The molecule has 0 spiro atoms. The van der Waals surface area contributed by atoms with Gasteiger partial charge in [0.15, 0.2) is 0 Å². The van der Waals surface area contributed by atoms with Gasteiger partial charge in [0, 0.05) is 0 Å². The van der Waals surface area contributed by atoms with Gasteiger partial charge in [-0.05, 0) is 66.0 Å². The second-order valence-electron chi connectivity index (χ2n) is 7.57. The van der Waals surface area contributed by atoms with Crippen LogP contribution in [0.3, 0.4) is 0 Å². The van der Waals surface area contributed by atoms with Crippen molar-refractivity contribution >= 4 is 16.0 Å². The predicted octanol–water partition coefficient (Wildman–Crippen LogP) is 3.80. The maximum absolute atomic E-state index is 14.2. The van der Waals surface area contributed by atoms with Gasteiger partial charge < -0.3 is 5.11 Å². The van der Waals surface area contributed by atoms with E-state index in [0.717, 1.165) is 18.4 Å². The molecule has 3 rings (SSSR count). The molecule has 1 fully saturated rings. The SMILES string of the molecule is CC(C)c1ccc(S(=O)(=O)N[C@H](Cc2ccc(C3CC3)c(F)c2)C(=O)O)cc1. The van der Waals surface area contributed by atoms with Crippen LogP contribution in [0.15, 0.2) is 47.4 Å². The van der Waals surface area contributed by atoms with E-state index in [-0.39, 0.29) is 29.0 Å². The fraction of sp³-hybridized carbons (Fsp3) is 0.381. The third-order valence-corrected chi connectivity index (χ3v) is 6.46. The van der Waals surface area contributed by atoms with E-state index in [1.807, 2.05) is 13.8 Å². The zero-order valence-corrected chi connectivity index (χ0v) is 16.7. The minimum Gasteiger partial charge on any atom is -0.480 e. The lowest BCUT2D eigenvalue weighted by molar-refractivity contribution is -0.138. The number of halogens is 1. The number of carboxylic acid groups (broad SMARTS) is 1. The van der Waals surface area contributed by atoms with Crippen LogP contribution < -0.4 is 4.72 Å². The van der Waals surface area contributed by atoms with Crippen molar-refractivity contribution < 1.29 is 22.7 Å². The molecule has 0 heterocycles. The largest absolute Gasteiger partial charge is 0.480 e. The first-order valence-electron chi connectivity index (χ1n) is 9.31. The van der Waals surface area contributed by atoms with E-state index in [2.05, 4.69) is 4.72 Å². The van der Waals surface area contributed by atoms with Crippen molar-refractivity contribution in [3.63, 3.8) is 0 Å². The summed E-state index contributed by atoms with van der Waals surface area (Å²) in [5.41, 5.74) is 2.06. The molecule has 0 amide bonds. The fourth-order valence-corrected chi connectivity index (χ4v) is 4.31. The molecule has 2 N–H and O–H groups in total. The Labute approximate surface area is 164 Å². The lowest BCUT2D eigenvalue weighted by Gasteiger charge is -2.16. The third-order valence-electron chi connectivity index (χ3n) is 4.97. The van der Waals surface area contributed by atoms with Crippen LogP contribution in [0.5, 0.6) is 0 Å². The number of carbonyl (C=O) groups is 1. The first-order valence-corrected chi connectivity index (χ1v) is 10.8. The summed E-state index contributed by atoms with van der Waals surface area (Å²) >= 11 is 0. The molecule has 2 aromatic rings. The average Bonchev–Trinajstić information content (AvgIpc) is 3.46. The second-order valence-corrected chi connectivity index (χ2v) is 9.28. The van der Waals surface area contributed by atoms with Crippen molar-refractivity contribution in [3.8, 4) is 0 Å². The number of hydrogen-bond acceptors (Lipinski definition) is 3. The Bertz CT molecular complexity index is 966. The number of hydrogen-bond donors (Lipinski definition) is 2. The van der Waals surface area contributed by atoms with Crippen LogP contribution in [0.1, 0.15) is 55.2 Å². The van der Waals surface area contributed by atoms with Gasteiger partial charge in [0.2, 0.25) is 10.0 Å². The summed E-state index contributed by atoms with van der Waals surface area (Å²) < 4.78 is 41.6. The van der Waals surface area contributed by atoms with Crippen molar-refractivity contribution in [1.82, 2.24) is 4.72 Å². The molecule has 0 radical (unpaired) electrons. The maximum Gasteiger partial charge on any atom is 0.322 e. The zero-order chi connectivity index (χ0) is 20.5. The van der Waals surface area contributed by atoms with Crippen LogP contribution in [0, 0.1) is 5.82 Å². The molecule has 1 atom stereocenters. The van der Waals surface area contributed by atoms with E-state index >= 15 is 0 Å². The van der Waals surface area contributed by atoms with Crippen LogP contribution in [0.25, 0.3) is 0 Å². The van der Waals surface area contributed by atoms with E-state index in [1.54, 1.807) is 24.3 Å². The van der Waals surface area contributed by atoms with E-state index in [9.17, 15) is 22.7 Å². The number of carboxylic acids is 1. The highest BCUT2D eigenvalue weighted by molar-refractivity contribution is 7.89. The summed E-state index contributed by atoms with van der Waals surface area (Å²) in [4.78, 5) is 11.6. The quantitative estimate of drug-likeness (QED) is 0.700. The van der Waals surface area contributed by atoms with E-state index in [0.29, 0.717) is 11.1 Å². The smallest absolute Gasteiger partial charge is 0.322 e. The third kappa shape index (κ3) is 4.77. The van der Waals surface area contributed by atoms with Gasteiger partial charge in [-0.25, -0.2) is 12.8 Å². The number of aliphatic carboxylic acids is 1. The van der Waals surface area contributed by atoms with Gasteiger partial charge in [-0.3, -0.25) is 4.79 Å². The van der Waals surface area contributed by atoms with Crippen molar-refractivity contribution in [1.29, 1.82) is 0 Å². The highest BCUT2D eigenvalue weighted by Gasteiger charge is 2.28. The molecule has 2 aromatic carbocycles. The molecule has 28 heavy (non-hydrogen) atoms. The summed E-state index contributed by atoms with van der Waals surface area (Å²) in [6.45, 7) is 3.99. The number of nitrogens with one attached hydrogen (secondary N) is 1. The van der Waals surface area contributed by atoms with Gasteiger partial charge in [0.25, 0.3) is 0 Å². The minimum atomic E-state index is -4.01. The molecule has 0 aliphatic heterocycles. The molecule has 1 aliphatic carbocycles. The average molecular weight is 405 g/mol. The molecule has 0 saturated heterocycles. The zero-order valence-electron chi connectivity index (χ0n) is 15.9. The highest BCUT2D eigenvalue weighted by atomic mass is 32.2. The Hall–Kier alpha value is -2.25.